The molecule has 1 fully saturated rings. The third-order valence-electron chi connectivity index (χ3n) is 2.82. The van der Waals surface area contributed by atoms with Crippen LogP contribution in [0.2, 0.25) is 0 Å². The Bertz CT molecular complexity index is 359. The van der Waals surface area contributed by atoms with Gasteiger partial charge in [-0.2, -0.15) is 0 Å². The van der Waals surface area contributed by atoms with Crippen molar-refractivity contribution in [3.8, 4) is 0 Å². The Hall–Kier alpha value is -1.38. The van der Waals surface area contributed by atoms with Crippen molar-refractivity contribution in [2.75, 3.05) is 18.0 Å². The molecule has 0 radical (unpaired) electrons. The van der Waals surface area contributed by atoms with Crippen LogP contribution >= 0.6 is 0 Å². The van der Waals surface area contributed by atoms with Crippen molar-refractivity contribution in [3.63, 3.8) is 0 Å². The maximum Gasteiger partial charge on any atom is 0.152 e. The minimum absolute atomic E-state index is 0.472. The number of carbonyl (C=O) groups excluding carboxylic acids is 1. The third-order valence-corrected chi connectivity index (χ3v) is 2.82. The molecule has 0 atom stereocenters. The molecule has 2 rings (SSSR count). The number of carbonyl (C=O) groups is 1. The fourth-order valence-corrected chi connectivity index (χ4v) is 2.00. The molecule has 1 saturated heterocycles. The first-order chi connectivity index (χ1) is 7.35. The summed E-state index contributed by atoms with van der Waals surface area (Å²) in [6, 6.07) is 5.16. The topological polar surface area (TPSA) is 20.3 Å². The van der Waals surface area contributed by atoms with Crippen LogP contribution in [0.3, 0.4) is 0 Å². The van der Waals surface area contributed by atoms with Gasteiger partial charge in [-0.05, 0) is 30.5 Å². The predicted molar refractivity (Wildman–Crippen MR) is 58.1 cm³/mol. The molecule has 1 aromatic carbocycles. The molecule has 2 nitrogen and oxygen atoms in total. The number of alkyl halides is 1. The Morgan fingerprint density at radius 2 is 2.07 bits per heavy atom. The highest BCUT2D eigenvalue weighted by Gasteiger charge is 2.15. The minimum Gasteiger partial charge on any atom is -0.371 e. The fraction of sp³-hybridized carbons (Fsp3) is 0.417. The lowest BCUT2D eigenvalue weighted by Gasteiger charge is -2.20. The summed E-state index contributed by atoms with van der Waals surface area (Å²) in [5.74, 6) is 0. The van der Waals surface area contributed by atoms with E-state index in [1.54, 1.807) is 18.2 Å². The Kier molecular flexibility index (Phi) is 2.99. The molecule has 0 bridgehead atoms. The third kappa shape index (κ3) is 2.01. The first-order valence-electron chi connectivity index (χ1n) is 5.24. The van der Waals surface area contributed by atoms with E-state index < -0.39 is 6.67 Å². The molecule has 3 heteroatoms. The zero-order chi connectivity index (χ0) is 10.7. The van der Waals surface area contributed by atoms with E-state index in [0.717, 1.165) is 37.9 Å². The van der Waals surface area contributed by atoms with E-state index in [9.17, 15) is 9.18 Å². The van der Waals surface area contributed by atoms with Crippen LogP contribution in [0.15, 0.2) is 18.2 Å². The molecule has 80 valence electrons. The number of aldehydes is 1. The van der Waals surface area contributed by atoms with Crippen LogP contribution in [0.1, 0.15) is 28.8 Å². The van der Waals surface area contributed by atoms with Crippen molar-refractivity contribution >= 4 is 12.0 Å². The van der Waals surface area contributed by atoms with E-state index in [-0.39, 0.29) is 0 Å². The fourth-order valence-electron chi connectivity index (χ4n) is 2.00. The van der Waals surface area contributed by atoms with Crippen molar-refractivity contribution < 1.29 is 9.18 Å². The highest BCUT2D eigenvalue weighted by atomic mass is 19.1. The summed E-state index contributed by atoms with van der Waals surface area (Å²) in [6.07, 6.45) is 3.14. The van der Waals surface area contributed by atoms with E-state index in [1.165, 1.54) is 0 Å². The number of anilines is 1. The molecule has 0 amide bonds. The van der Waals surface area contributed by atoms with Crippen LogP contribution in [0.5, 0.6) is 0 Å². The Labute approximate surface area is 88.7 Å². The van der Waals surface area contributed by atoms with Crippen molar-refractivity contribution in [1.82, 2.24) is 0 Å². The van der Waals surface area contributed by atoms with Gasteiger partial charge in [0.1, 0.15) is 6.67 Å². The normalized spacial score (nSPS) is 15.7. The van der Waals surface area contributed by atoms with Crippen LogP contribution in [0.25, 0.3) is 0 Å². The van der Waals surface area contributed by atoms with Gasteiger partial charge in [-0.3, -0.25) is 4.79 Å². The van der Waals surface area contributed by atoms with Gasteiger partial charge in [-0.15, -0.1) is 0 Å². The molecule has 1 aliphatic rings. The van der Waals surface area contributed by atoms with E-state index in [0.29, 0.717) is 11.1 Å². The van der Waals surface area contributed by atoms with Gasteiger partial charge in [0.15, 0.2) is 6.29 Å². The number of hydrogen-bond acceptors (Lipinski definition) is 2. The first kappa shape index (κ1) is 10.1. The van der Waals surface area contributed by atoms with Gasteiger partial charge >= 0.3 is 0 Å². The van der Waals surface area contributed by atoms with Gasteiger partial charge in [0.05, 0.1) is 0 Å². The van der Waals surface area contributed by atoms with Crippen LogP contribution < -0.4 is 4.90 Å². The second kappa shape index (κ2) is 4.43. The standard InChI is InChI=1S/C12H14FNO/c13-8-10-3-4-11(9-15)12(7-10)14-5-1-2-6-14/h3-4,7,9H,1-2,5-6,8H2. The quantitative estimate of drug-likeness (QED) is 0.710. The molecule has 0 spiro atoms. The Morgan fingerprint density at radius 3 is 2.67 bits per heavy atom. The highest BCUT2D eigenvalue weighted by Crippen LogP contribution is 2.25. The maximum atomic E-state index is 12.5. The SMILES string of the molecule is O=Cc1ccc(CF)cc1N1CCCC1. The zero-order valence-corrected chi connectivity index (χ0v) is 8.58. The van der Waals surface area contributed by atoms with Crippen LogP contribution in [-0.2, 0) is 6.67 Å². The van der Waals surface area contributed by atoms with Crippen molar-refractivity contribution in [3.05, 3.63) is 29.3 Å². The largest absolute Gasteiger partial charge is 0.371 e. The average Bonchev–Trinajstić information content (AvgIpc) is 2.81. The molecule has 0 saturated carbocycles. The van der Waals surface area contributed by atoms with Crippen molar-refractivity contribution in [2.24, 2.45) is 0 Å². The van der Waals surface area contributed by atoms with E-state index in [1.807, 2.05) is 0 Å². The van der Waals surface area contributed by atoms with Gasteiger partial charge in [-0.1, -0.05) is 6.07 Å². The van der Waals surface area contributed by atoms with Crippen molar-refractivity contribution in [1.29, 1.82) is 0 Å². The summed E-state index contributed by atoms with van der Waals surface area (Å²) in [7, 11) is 0. The summed E-state index contributed by atoms with van der Waals surface area (Å²) < 4.78 is 12.5. The second-order valence-electron chi connectivity index (χ2n) is 3.84. The van der Waals surface area contributed by atoms with Gasteiger partial charge in [0.2, 0.25) is 0 Å². The molecule has 1 aliphatic heterocycles. The highest BCUT2D eigenvalue weighted by molar-refractivity contribution is 5.85. The van der Waals surface area contributed by atoms with Crippen LogP contribution in [-0.4, -0.2) is 19.4 Å². The molecule has 0 unspecified atom stereocenters. The number of halogens is 1. The summed E-state index contributed by atoms with van der Waals surface area (Å²) >= 11 is 0. The lowest BCUT2D eigenvalue weighted by molar-refractivity contribution is 0.112. The predicted octanol–water partition coefficient (Wildman–Crippen LogP) is 2.57. The Balaban J connectivity index is 2.36. The van der Waals surface area contributed by atoms with E-state index >= 15 is 0 Å². The van der Waals surface area contributed by atoms with Gasteiger partial charge < -0.3 is 4.90 Å². The summed E-state index contributed by atoms with van der Waals surface area (Å²) in [6.45, 7) is 1.47. The smallest absolute Gasteiger partial charge is 0.152 e. The maximum absolute atomic E-state index is 12.5. The van der Waals surface area contributed by atoms with Crippen LogP contribution in [0.4, 0.5) is 10.1 Å². The summed E-state index contributed by atoms with van der Waals surface area (Å²) in [5, 5.41) is 0. The lowest BCUT2D eigenvalue weighted by atomic mass is 10.1. The lowest BCUT2D eigenvalue weighted by Crippen LogP contribution is -2.19. The molecule has 0 aliphatic carbocycles. The number of hydrogen-bond donors (Lipinski definition) is 0. The van der Waals surface area contributed by atoms with Gasteiger partial charge in [-0.25, -0.2) is 4.39 Å². The number of benzene rings is 1. The molecule has 1 aromatic rings. The minimum atomic E-state index is -0.472. The van der Waals surface area contributed by atoms with Crippen molar-refractivity contribution in [2.45, 2.75) is 19.5 Å². The number of rotatable bonds is 3. The number of nitrogens with zero attached hydrogens (tertiary/aromatic N) is 1. The average molecular weight is 207 g/mol. The van der Waals surface area contributed by atoms with E-state index in [2.05, 4.69) is 4.90 Å². The summed E-state index contributed by atoms with van der Waals surface area (Å²) in [4.78, 5) is 13.0. The second-order valence-corrected chi connectivity index (χ2v) is 3.84. The monoisotopic (exact) mass is 207 g/mol. The van der Waals surface area contributed by atoms with Gasteiger partial charge in [0, 0.05) is 24.3 Å². The van der Waals surface area contributed by atoms with Gasteiger partial charge in [0.25, 0.3) is 0 Å². The van der Waals surface area contributed by atoms with Crippen LogP contribution in [0, 0.1) is 0 Å². The molecule has 0 aromatic heterocycles. The molecule has 1 heterocycles. The summed E-state index contributed by atoms with van der Waals surface area (Å²) in [5.41, 5.74) is 2.19. The molecular formula is C12H14FNO. The molecule has 0 N–H and O–H groups in total. The zero-order valence-electron chi connectivity index (χ0n) is 8.58. The molecule has 15 heavy (non-hydrogen) atoms. The Morgan fingerprint density at radius 1 is 1.33 bits per heavy atom. The van der Waals surface area contributed by atoms with E-state index in [4.69, 9.17) is 0 Å². The first-order valence-corrected chi connectivity index (χ1v) is 5.24. The molecular weight excluding hydrogens is 193 g/mol.